The van der Waals surface area contributed by atoms with Gasteiger partial charge >= 0.3 is 0 Å². The SMILES string of the molecule is CCCCN(C)CCC(=O)Nc1ncccn1. The van der Waals surface area contributed by atoms with Crippen LogP contribution in [-0.4, -0.2) is 40.9 Å². The van der Waals surface area contributed by atoms with Crippen molar-refractivity contribution < 1.29 is 4.79 Å². The lowest BCUT2D eigenvalue weighted by atomic mass is 10.3. The van der Waals surface area contributed by atoms with Crippen LogP contribution in [0.2, 0.25) is 0 Å². The van der Waals surface area contributed by atoms with E-state index in [-0.39, 0.29) is 5.91 Å². The third-order valence-electron chi connectivity index (χ3n) is 2.43. The molecule has 5 nitrogen and oxygen atoms in total. The van der Waals surface area contributed by atoms with Gasteiger partial charge in [0.25, 0.3) is 0 Å². The van der Waals surface area contributed by atoms with E-state index in [1.54, 1.807) is 18.5 Å². The van der Waals surface area contributed by atoms with Crippen LogP contribution in [0.4, 0.5) is 5.95 Å². The molecule has 0 atom stereocenters. The van der Waals surface area contributed by atoms with Gasteiger partial charge in [-0.3, -0.25) is 10.1 Å². The number of anilines is 1. The normalized spacial score (nSPS) is 10.5. The van der Waals surface area contributed by atoms with E-state index in [4.69, 9.17) is 0 Å². The van der Waals surface area contributed by atoms with Crippen molar-refractivity contribution in [2.45, 2.75) is 26.2 Å². The molecule has 1 N–H and O–H groups in total. The van der Waals surface area contributed by atoms with Gasteiger partial charge in [-0.1, -0.05) is 13.3 Å². The Bertz CT molecular complexity index is 329. The summed E-state index contributed by atoms with van der Waals surface area (Å²) in [6.45, 7) is 3.96. The molecule has 1 rings (SSSR count). The third kappa shape index (κ3) is 5.97. The average molecular weight is 236 g/mol. The van der Waals surface area contributed by atoms with Gasteiger partial charge in [0.15, 0.2) is 0 Å². The van der Waals surface area contributed by atoms with E-state index in [1.807, 2.05) is 7.05 Å². The van der Waals surface area contributed by atoms with Gasteiger partial charge in [0.2, 0.25) is 11.9 Å². The standard InChI is InChI=1S/C12H20N4O/c1-3-4-9-16(2)10-6-11(17)15-12-13-7-5-8-14-12/h5,7-8H,3-4,6,9-10H2,1-2H3,(H,13,14,15,17). The Balaban J connectivity index is 2.21. The Morgan fingerprint density at radius 2 is 2.06 bits per heavy atom. The molecule has 0 bridgehead atoms. The maximum atomic E-state index is 11.6. The highest BCUT2D eigenvalue weighted by molar-refractivity contribution is 5.88. The molecule has 1 aromatic heterocycles. The minimum atomic E-state index is -0.0421. The van der Waals surface area contributed by atoms with Gasteiger partial charge in [0.05, 0.1) is 0 Å². The number of hydrogen-bond acceptors (Lipinski definition) is 4. The largest absolute Gasteiger partial charge is 0.306 e. The second-order valence-electron chi connectivity index (χ2n) is 4.03. The number of carbonyl (C=O) groups is 1. The van der Waals surface area contributed by atoms with Gasteiger partial charge in [-0.2, -0.15) is 0 Å². The lowest BCUT2D eigenvalue weighted by Gasteiger charge is -2.15. The molecule has 1 heterocycles. The Morgan fingerprint density at radius 1 is 1.35 bits per heavy atom. The van der Waals surface area contributed by atoms with Crippen molar-refractivity contribution >= 4 is 11.9 Å². The van der Waals surface area contributed by atoms with E-state index >= 15 is 0 Å². The summed E-state index contributed by atoms with van der Waals surface area (Å²) in [6.07, 6.45) is 6.03. The summed E-state index contributed by atoms with van der Waals surface area (Å²) in [5.41, 5.74) is 0. The van der Waals surface area contributed by atoms with Gasteiger partial charge < -0.3 is 4.90 Å². The first-order chi connectivity index (χ1) is 8.22. The number of rotatable bonds is 7. The van der Waals surface area contributed by atoms with Crippen LogP contribution < -0.4 is 5.32 Å². The molecule has 0 saturated heterocycles. The van der Waals surface area contributed by atoms with Gasteiger partial charge in [0.1, 0.15) is 0 Å². The Kier molecular flexibility index (Phi) is 6.17. The molecule has 94 valence electrons. The average Bonchev–Trinajstić information content (AvgIpc) is 2.35. The first kappa shape index (κ1) is 13.6. The Morgan fingerprint density at radius 3 is 2.71 bits per heavy atom. The van der Waals surface area contributed by atoms with E-state index in [0.717, 1.165) is 13.1 Å². The summed E-state index contributed by atoms with van der Waals surface area (Å²) in [4.78, 5) is 21.6. The fraction of sp³-hybridized carbons (Fsp3) is 0.583. The monoisotopic (exact) mass is 236 g/mol. The smallest absolute Gasteiger partial charge is 0.229 e. The molecule has 0 unspecified atom stereocenters. The Labute approximate surface area is 102 Å². The summed E-state index contributed by atoms with van der Waals surface area (Å²) < 4.78 is 0. The lowest BCUT2D eigenvalue weighted by Crippen LogP contribution is -2.25. The molecule has 0 aliphatic rings. The van der Waals surface area contributed by atoms with Gasteiger partial charge in [-0.15, -0.1) is 0 Å². The van der Waals surface area contributed by atoms with Crippen molar-refractivity contribution in [3.63, 3.8) is 0 Å². The van der Waals surface area contributed by atoms with Crippen molar-refractivity contribution in [1.29, 1.82) is 0 Å². The maximum Gasteiger partial charge on any atom is 0.229 e. The number of hydrogen-bond donors (Lipinski definition) is 1. The molecule has 5 heteroatoms. The van der Waals surface area contributed by atoms with E-state index in [1.165, 1.54) is 12.8 Å². The quantitative estimate of drug-likeness (QED) is 0.780. The maximum absolute atomic E-state index is 11.6. The number of amides is 1. The first-order valence-corrected chi connectivity index (χ1v) is 5.97. The van der Waals surface area contributed by atoms with Crippen molar-refractivity contribution in [3.05, 3.63) is 18.5 Å². The summed E-state index contributed by atoms with van der Waals surface area (Å²) in [6, 6.07) is 1.72. The molecule has 0 spiro atoms. The van der Waals surface area contributed by atoms with E-state index in [0.29, 0.717) is 12.4 Å². The summed E-state index contributed by atoms with van der Waals surface area (Å²) in [7, 11) is 2.03. The molecular weight excluding hydrogens is 216 g/mol. The van der Waals surface area contributed by atoms with E-state index in [2.05, 4.69) is 27.1 Å². The first-order valence-electron chi connectivity index (χ1n) is 5.97. The molecule has 0 saturated carbocycles. The fourth-order valence-electron chi connectivity index (χ4n) is 1.38. The molecule has 0 aromatic carbocycles. The van der Waals surface area contributed by atoms with Crippen LogP contribution in [0.15, 0.2) is 18.5 Å². The number of aromatic nitrogens is 2. The highest BCUT2D eigenvalue weighted by Gasteiger charge is 2.05. The zero-order chi connectivity index (χ0) is 12.5. The topological polar surface area (TPSA) is 58.1 Å². The lowest BCUT2D eigenvalue weighted by molar-refractivity contribution is -0.116. The number of unbranched alkanes of at least 4 members (excludes halogenated alkanes) is 1. The van der Waals surface area contributed by atoms with Crippen LogP contribution in [0.1, 0.15) is 26.2 Å². The van der Waals surface area contributed by atoms with Crippen molar-refractivity contribution in [2.24, 2.45) is 0 Å². The molecule has 0 radical (unpaired) electrons. The second-order valence-corrected chi connectivity index (χ2v) is 4.03. The van der Waals surface area contributed by atoms with E-state index in [9.17, 15) is 4.79 Å². The van der Waals surface area contributed by atoms with Gasteiger partial charge in [0, 0.05) is 25.4 Å². The highest BCUT2D eigenvalue weighted by Crippen LogP contribution is 1.97. The third-order valence-corrected chi connectivity index (χ3v) is 2.43. The van der Waals surface area contributed by atoms with Crippen LogP contribution >= 0.6 is 0 Å². The number of carbonyl (C=O) groups excluding carboxylic acids is 1. The van der Waals surface area contributed by atoms with Crippen molar-refractivity contribution in [1.82, 2.24) is 14.9 Å². The van der Waals surface area contributed by atoms with Crippen molar-refractivity contribution in [3.8, 4) is 0 Å². The Hall–Kier alpha value is -1.49. The minimum Gasteiger partial charge on any atom is -0.306 e. The van der Waals surface area contributed by atoms with Crippen LogP contribution in [0.25, 0.3) is 0 Å². The number of nitrogens with zero attached hydrogens (tertiary/aromatic N) is 3. The predicted octanol–water partition coefficient (Wildman–Crippen LogP) is 1.54. The predicted molar refractivity (Wildman–Crippen MR) is 67.7 cm³/mol. The zero-order valence-corrected chi connectivity index (χ0v) is 10.5. The zero-order valence-electron chi connectivity index (χ0n) is 10.5. The van der Waals surface area contributed by atoms with Gasteiger partial charge in [-0.25, -0.2) is 9.97 Å². The van der Waals surface area contributed by atoms with Crippen LogP contribution in [0, 0.1) is 0 Å². The molecular formula is C12H20N4O. The van der Waals surface area contributed by atoms with Crippen LogP contribution in [0.5, 0.6) is 0 Å². The number of nitrogens with one attached hydrogen (secondary N) is 1. The summed E-state index contributed by atoms with van der Waals surface area (Å²) in [5.74, 6) is 0.327. The molecule has 1 amide bonds. The summed E-state index contributed by atoms with van der Waals surface area (Å²) in [5, 5.41) is 2.67. The van der Waals surface area contributed by atoms with Gasteiger partial charge in [-0.05, 0) is 26.1 Å². The summed E-state index contributed by atoms with van der Waals surface area (Å²) >= 11 is 0. The minimum absolute atomic E-state index is 0.0421. The van der Waals surface area contributed by atoms with Crippen LogP contribution in [-0.2, 0) is 4.79 Å². The molecule has 0 aliphatic carbocycles. The van der Waals surface area contributed by atoms with Crippen molar-refractivity contribution in [2.75, 3.05) is 25.5 Å². The molecule has 0 aliphatic heterocycles. The highest BCUT2D eigenvalue weighted by atomic mass is 16.1. The molecule has 1 aromatic rings. The van der Waals surface area contributed by atoms with E-state index < -0.39 is 0 Å². The van der Waals surface area contributed by atoms with Crippen LogP contribution in [0.3, 0.4) is 0 Å². The molecule has 17 heavy (non-hydrogen) atoms. The molecule has 0 fully saturated rings. The second kappa shape index (κ2) is 7.73. The fourth-order valence-corrected chi connectivity index (χ4v) is 1.38.